The second-order valence-corrected chi connectivity index (χ2v) is 6.28. The lowest BCUT2D eigenvalue weighted by Crippen LogP contribution is -2.39. The number of hydrogen-bond donors (Lipinski definition) is 0. The summed E-state index contributed by atoms with van der Waals surface area (Å²) in [4.78, 5) is 26.4. The van der Waals surface area contributed by atoms with Crippen LogP contribution in [0.25, 0.3) is 0 Å². The Morgan fingerprint density at radius 2 is 1.96 bits per heavy atom. The second-order valence-electron chi connectivity index (χ2n) is 6.28. The van der Waals surface area contributed by atoms with Crippen LogP contribution in [0.2, 0.25) is 0 Å². The Hall–Kier alpha value is -2.34. The highest BCUT2D eigenvalue weighted by molar-refractivity contribution is 5.31. The van der Waals surface area contributed by atoms with Crippen molar-refractivity contribution in [2.75, 3.05) is 13.7 Å². The van der Waals surface area contributed by atoms with Gasteiger partial charge in [0.05, 0.1) is 7.11 Å². The van der Waals surface area contributed by atoms with Crippen LogP contribution in [0, 0.1) is 0 Å². The first-order chi connectivity index (χ1) is 11.5. The summed E-state index contributed by atoms with van der Waals surface area (Å²) in [5.74, 6) is 0.848. The van der Waals surface area contributed by atoms with Crippen LogP contribution >= 0.6 is 0 Å². The van der Waals surface area contributed by atoms with E-state index < -0.39 is 0 Å². The summed E-state index contributed by atoms with van der Waals surface area (Å²) in [5.41, 5.74) is 1.42. The SMILES string of the molecule is COc1cccc(C2CCCN2Cc2cc(=O)n(C)c(=O)n2C)c1. The Morgan fingerprint density at radius 1 is 1.17 bits per heavy atom. The largest absolute Gasteiger partial charge is 0.497 e. The Kier molecular flexibility index (Phi) is 4.57. The molecule has 2 aromatic rings. The average molecular weight is 329 g/mol. The lowest BCUT2D eigenvalue weighted by atomic mass is 10.0. The van der Waals surface area contributed by atoms with Crippen LogP contribution in [-0.2, 0) is 20.6 Å². The number of likely N-dealkylation sites (tertiary alicyclic amines) is 1. The van der Waals surface area contributed by atoms with Gasteiger partial charge in [-0.3, -0.25) is 18.8 Å². The third kappa shape index (κ3) is 3.01. The van der Waals surface area contributed by atoms with E-state index in [9.17, 15) is 9.59 Å². The lowest BCUT2D eigenvalue weighted by molar-refractivity contribution is 0.241. The molecule has 1 unspecified atom stereocenters. The molecule has 0 aliphatic carbocycles. The van der Waals surface area contributed by atoms with E-state index >= 15 is 0 Å². The van der Waals surface area contributed by atoms with Crippen molar-refractivity contribution in [2.24, 2.45) is 14.1 Å². The molecule has 0 radical (unpaired) electrons. The smallest absolute Gasteiger partial charge is 0.330 e. The zero-order chi connectivity index (χ0) is 17.3. The Balaban J connectivity index is 1.90. The third-order valence-electron chi connectivity index (χ3n) is 4.83. The van der Waals surface area contributed by atoms with Gasteiger partial charge in [-0.05, 0) is 37.1 Å². The number of aromatic nitrogens is 2. The predicted molar refractivity (Wildman–Crippen MR) is 92.3 cm³/mol. The molecule has 1 saturated heterocycles. The minimum Gasteiger partial charge on any atom is -0.497 e. The fourth-order valence-electron chi connectivity index (χ4n) is 3.38. The molecule has 0 amide bonds. The molecular formula is C18H23N3O3. The van der Waals surface area contributed by atoms with E-state index in [4.69, 9.17) is 4.74 Å². The van der Waals surface area contributed by atoms with Crippen molar-refractivity contribution in [2.45, 2.75) is 25.4 Å². The van der Waals surface area contributed by atoms with Gasteiger partial charge in [0.1, 0.15) is 5.75 Å². The third-order valence-corrected chi connectivity index (χ3v) is 4.83. The molecule has 1 atom stereocenters. The van der Waals surface area contributed by atoms with E-state index in [1.807, 2.05) is 12.1 Å². The molecule has 1 aliphatic heterocycles. The van der Waals surface area contributed by atoms with Crippen LogP contribution in [0.4, 0.5) is 0 Å². The number of hydrogen-bond acceptors (Lipinski definition) is 4. The summed E-state index contributed by atoms with van der Waals surface area (Å²) >= 11 is 0. The summed E-state index contributed by atoms with van der Waals surface area (Å²) in [6.45, 7) is 1.54. The highest BCUT2D eigenvalue weighted by Crippen LogP contribution is 2.34. The number of methoxy groups -OCH3 is 1. The Morgan fingerprint density at radius 3 is 2.71 bits per heavy atom. The number of ether oxygens (including phenoxy) is 1. The lowest BCUT2D eigenvalue weighted by Gasteiger charge is -2.26. The van der Waals surface area contributed by atoms with Gasteiger partial charge in [0.25, 0.3) is 5.56 Å². The van der Waals surface area contributed by atoms with E-state index in [1.54, 1.807) is 24.8 Å². The predicted octanol–water partition coefficient (Wildman–Crippen LogP) is 1.43. The van der Waals surface area contributed by atoms with Crippen molar-refractivity contribution in [3.05, 3.63) is 62.4 Å². The van der Waals surface area contributed by atoms with Gasteiger partial charge in [-0.2, -0.15) is 0 Å². The fourth-order valence-corrected chi connectivity index (χ4v) is 3.38. The zero-order valence-electron chi connectivity index (χ0n) is 14.4. The van der Waals surface area contributed by atoms with E-state index in [-0.39, 0.29) is 17.3 Å². The van der Waals surface area contributed by atoms with Crippen molar-refractivity contribution in [3.8, 4) is 5.75 Å². The maximum Gasteiger partial charge on any atom is 0.330 e. The van der Waals surface area contributed by atoms with Crippen LogP contribution in [0.1, 0.15) is 30.1 Å². The molecule has 3 rings (SSSR count). The highest BCUT2D eigenvalue weighted by Gasteiger charge is 2.27. The van der Waals surface area contributed by atoms with Crippen LogP contribution in [-0.4, -0.2) is 27.7 Å². The molecular weight excluding hydrogens is 306 g/mol. The van der Waals surface area contributed by atoms with E-state index in [1.165, 1.54) is 12.6 Å². The quantitative estimate of drug-likeness (QED) is 0.851. The van der Waals surface area contributed by atoms with E-state index in [0.717, 1.165) is 35.4 Å². The summed E-state index contributed by atoms with van der Waals surface area (Å²) < 4.78 is 8.01. The first-order valence-electron chi connectivity index (χ1n) is 8.15. The molecule has 1 aromatic heterocycles. The van der Waals surface area contributed by atoms with E-state index in [0.29, 0.717) is 6.54 Å². The fraction of sp³-hybridized carbons (Fsp3) is 0.444. The minimum atomic E-state index is -0.283. The first-order valence-corrected chi connectivity index (χ1v) is 8.15. The molecule has 1 aromatic carbocycles. The molecule has 24 heavy (non-hydrogen) atoms. The zero-order valence-corrected chi connectivity index (χ0v) is 14.4. The highest BCUT2D eigenvalue weighted by atomic mass is 16.5. The van der Waals surface area contributed by atoms with Gasteiger partial charge in [0.2, 0.25) is 0 Å². The van der Waals surface area contributed by atoms with Crippen molar-refractivity contribution in [1.29, 1.82) is 0 Å². The van der Waals surface area contributed by atoms with Crippen molar-refractivity contribution < 1.29 is 4.74 Å². The number of benzene rings is 1. The van der Waals surface area contributed by atoms with Crippen molar-refractivity contribution in [3.63, 3.8) is 0 Å². The van der Waals surface area contributed by atoms with Gasteiger partial charge in [0, 0.05) is 38.4 Å². The molecule has 2 heterocycles. The molecule has 6 nitrogen and oxygen atoms in total. The normalized spacial score (nSPS) is 18.0. The monoisotopic (exact) mass is 329 g/mol. The molecule has 1 aliphatic rings. The Bertz CT molecular complexity index is 853. The number of rotatable bonds is 4. The number of nitrogens with zero attached hydrogens (tertiary/aromatic N) is 3. The topological polar surface area (TPSA) is 56.5 Å². The van der Waals surface area contributed by atoms with Crippen LogP contribution in [0.15, 0.2) is 39.9 Å². The first kappa shape index (κ1) is 16.5. The summed E-state index contributed by atoms with van der Waals surface area (Å²) in [7, 11) is 4.89. The molecule has 0 N–H and O–H groups in total. The molecule has 1 fully saturated rings. The van der Waals surface area contributed by atoms with E-state index in [2.05, 4.69) is 17.0 Å². The molecule has 128 valence electrons. The van der Waals surface area contributed by atoms with Crippen molar-refractivity contribution in [1.82, 2.24) is 14.0 Å². The van der Waals surface area contributed by atoms with Gasteiger partial charge in [-0.15, -0.1) is 0 Å². The van der Waals surface area contributed by atoms with Gasteiger partial charge >= 0.3 is 5.69 Å². The maximum absolute atomic E-state index is 12.1. The molecule has 0 spiro atoms. The second kappa shape index (κ2) is 6.65. The van der Waals surface area contributed by atoms with Crippen LogP contribution in [0.5, 0.6) is 5.75 Å². The minimum absolute atomic E-state index is 0.259. The van der Waals surface area contributed by atoms with Gasteiger partial charge < -0.3 is 4.74 Å². The Labute approximate surface area is 140 Å². The van der Waals surface area contributed by atoms with Crippen LogP contribution in [0.3, 0.4) is 0 Å². The average Bonchev–Trinajstić information content (AvgIpc) is 3.06. The van der Waals surface area contributed by atoms with Crippen LogP contribution < -0.4 is 16.0 Å². The molecule has 0 bridgehead atoms. The van der Waals surface area contributed by atoms with Gasteiger partial charge in [0.15, 0.2) is 0 Å². The van der Waals surface area contributed by atoms with Gasteiger partial charge in [-0.25, -0.2) is 4.79 Å². The standard InChI is InChI=1S/C18H23N3O3/c1-19-14(11-17(22)20(2)18(19)23)12-21-9-5-8-16(21)13-6-4-7-15(10-13)24-3/h4,6-7,10-11,16H,5,8-9,12H2,1-3H3. The van der Waals surface area contributed by atoms with Crippen molar-refractivity contribution >= 4 is 0 Å². The molecule has 0 saturated carbocycles. The molecule has 6 heteroatoms. The van der Waals surface area contributed by atoms with Gasteiger partial charge in [-0.1, -0.05) is 12.1 Å². The summed E-state index contributed by atoms with van der Waals surface area (Å²) in [6, 6.07) is 9.94. The maximum atomic E-state index is 12.1. The summed E-state index contributed by atoms with van der Waals surface area (Å²) in [5, 5.41) is 0. The summed E-state index contributed by atoms with van der Waals surface area (Å²) in [6.07, 6.45) is 2.16.